The van der Waals surface area contributed by atoms with Gasteiger partial charge in [-0.3, -0.25) is 18.7 Å². The number of sulfonamides is 1. The van der Waals surface area contributed by atoms with Crippen LogP contribution in [0, 0.1) is 36.5 Å². The van der Waals surface area contributed by atoms with E-state index < -0.39 is 44.0 Å². The molecule has 0 aliphatic heterocycles. The number of ether oxygens (including phenoxy) is 1. The highest BCUT2D eigenvalue weighted by atomic mass is 32.2. The maximum Gasteiger partial charge on any atom is 0.281 e. The van der Waals surface area contributed by atoms with Gasteiger partial charge in [-0.05, 0) is 72.2 Å². The standard InChI is InChI=1S/C36H39N9O9S2/c1-7-44-33(46)27(18-37)21(5)31(35(44)48)42-40-23-10-12-25(29(16-23)55(50)51)26-13-11-24(17-30(26)56(52,53)39-14-9-15-54-20(3)4)41-43-32-22(6)28(19-38)34(47)45(8-2)36(32)49/h10-13,16-17,20,39,46-47H,7-9,14-15H2,1-6H3,(H,50,51). The second-order valence-corrected chi connectivity index (χ2v) is 15.0. The first-order valence-corrected chi connectivity index (χ1v) is 19.7. The highest BCUT2D eigenvalue weighted by molar-refractivity contribution is 7.89. The molecule has 1 unspecified atom stereocenters. The molecule has 1 atom stereocenters. The van der Waals surface area contributed by atoms with E-state index in [4.69, 9.17) is 4.74 Å². The van der Waals surface area contributed by atoms with Gasteiger partial charge in [-0.15, -0.1) is 10.2 Å². The van der Waals surface area contributed by atoms with E-state index in [1.807, 2.05) is 26.0 Å². The summed E-state index contributed by atoms with van der Waals surface area (Å²) in [6.45, 7) is 9.99. The number of nitrogens with zero attached hydrogens (tertiary/aromatic N) is 8. The van der Waals surface area contributed by atoms with Crippen LogP contribution >= 0.6 is 0 Å². The molecular weight excluding hydrogens is 767 g/mol. The second kappa shape index (κ2) is 18.2. The first-order valence-electron chi connectivity index (χ1n) is 17.1. The van der Waals surface area contributed by atoms with Gasteiger partial charge in [0.25, 0.3) is 11.1 Å². The minimum absolute atomic E-state index is 0.00331. The number of azo groups is 2. The molecule has 2 heterocycles. The van der Waals surface area contributed by atoms with E-state index in [1.165, 1.54) is 44.2 Å². The number of hydrogen-bond acceptors (Lipinski definition) is 14. The largest absolute Gasteiger partial charge is 0.493 e. The van der Waals surface area contributed by atoms with E-state index >= 15 is 0 Å². The van der Waals surface area contributed by atoms with Crippen LogP contribution in [0.5, 0.6) is 11.8 Å². The summed E-state index contributed by atoms with van der Waals surface area (Å²) in [7, 11) is -4.37. The molecule has 4 N–H and O–H groups in total. The highest BCUT2D eigenvalue weighted by Gasteiger charge is 2.24. The van der Waals surface area contributed by atoms with Crippen molar-refractivity contribution in [1.82, 2.24) is 13.9 Å². The van der Waals surface area contributed by atoms with Crippen molar-refractivity contribution in [3.05, 3.63) is 79.4 Å². The molecule has 4 rings (SSSR count). The van der Waals surface area contributed by atoms with Crippen molar-refractivity contribution in [3.8, 4) is 35.0 Å². The Balaban J connectivity index is 1.86. The lowest BCUT2D eigenvalue weighted by Gasteiger charge is -2.15. The van der Waals surface area contributed by atoms with Crippen LogP contribution in [-0.2, 0) is 38.9 Å². The quantitative estimate of drug-likeness (QED) is 0.0615. The number of benzene rings is 2. The Bertz CT molecular complexity index is 2580. The van der Waals surface area contributed by atoms with E-state index in [2.05, 4.69) is 25.2 Å². The van der Waals surface area contributed by atoms with Crippen molar-refractivity contribution in [3.63, 3.8) is 0 Å². The molecule has 0 radical (unpaired) electrons. The molecule has 0 fully saturated rings. The van der Waals surface area contributed by atoms with Crippen LogP contribution in [0.1, 0.15) is 56.4 Å². The highest BCUT2D eigenvalue weighted by Crippen LogP contribution is 2.37. The first-order chi connectivity index (χ1) is 26.5. The summed E-state index contributed by atoms with van der Waals surface area (Å²) in [5.74, 6) is -1.04. The van der Waals surface area contributed by atoms with Crippen molar-refractivity contribution < 1.29 is 32.1 Å². The molecule has 56 heavy (non-hydrogen) atoms. The van der Waals surface area contributed by atoms with Gasteiger partial charge < -0.3 is 19.5 Å². The van der Waals surface area contributed by atoms with E-state index in [0.29, 0.717) is 6.42 Å². The van der Waals surface area contributed by atoms with Gasteiger partial charge >= 0.3 is 0 Å². The Morgan fingerprint density at radius 1 is 0.839 bits per heavy atom. The predicted molar refractivity (Wildman–Crippen MR) is 205 cm³/mol. The SMILES string of the molecule is CCn1c(O)c(C#N)c(C)c(N=Nc2ccc(-c3ccc(N=Nc4c(C)c(C#N)c(O)n(CC)c4=O)cc3S(=O)(=O)NCCCOC(C)C)c(S(=O)O)c2)c1=O. The molecule has 0 aliphatic rings. The summed E-state index contributed by atoms with van der Waals surface area (Å²) in [5, 5.41) is 56.0. The van der Waals surface area contributed by atoms with Gasteiger partial charge in [0.1, 0.15) is 23.3 Å². The molecule has 2 aromatic heterocycles. The lowest BCUT2D eigenvalue weighted by atomic mass is 10.0. The van der Waals surface area contributed by atoms with Gasteiger partial charge in [0.2, 0.25) is 21.8 Å². The molecule has 18 nitrogen and oxygen atoms in total. The molecule has 2 aromatic carbocycles. The van der Waals surface area contributed by atoms with Crippen molar-refractivity contribution >= 4 is 43.9 Å². The molecule has 0 amide bonds. The van der Waals surface area contributed by atoms with Gasteiger partial charge in [0.15, 0.2) is 22.5 Å². The van der Waals surface area contributed by atoms with Crippen molar-refractivity contribution in [2.75, 3.05) is 13.2 Å². The van der Waals surface area contributed by atoms with Crippen LogP contribution in [0.4, 0.5) is 22.7 Å². The maximum absolute atomic E-state index is 13.9. The summed E-state index contributed by atoms with van der Waals surface area (Å²) in [6.07, 6.45) is 0.251. The average Bonchev–Trinajstić information content (AvgIpc) is 3.15. The monoisotopic (exact) mass is 805 g/mol. The molecule has 4 aromatic rings. The minimum Gasteiger partial charge on any atom is -0.493 e. The Kier molecular flexibility index (Phi) is 13.9. The Morgan fingerprint density at radius 2 is 1.32 bits per heavy atom. The third kappa shape index (κ3) is 8.96. The number of aromatic nitrogens is 2. The van der Waals surface area contributed by atoms with Crippen molar-refractivity contribution in [1.29, 1.82) is 10.5 Å². The van der Waals surface area contributed by atoms with Crippen LogP contribution < -0.4 is 15.8 Å². The van der Waals surface area contributed by atoms with Crippen LogP contribution in [0.2, 0.25) is 0 Å². The average molecular weight is 806 g/mol. The fourth-order valence-corrected chi connectivity index (χ4v) is 7.45. The second-order valence-electron chi connectivity index (χ2n) is 12.3. The van der Waals surface area contributed by atoms with Gasteiger partial charge in [0.05, 0.1) is 27.3 Å². The molecule has 0 spiro atoms. The maximum atomic E-state index is 13.9. The number of hydrogen-bond donors (Lipinski definition) is 4. The number of pyridine rings is 2. The van der Waals surface area contributed by atoms with Gasteiger partial charge in [-0.25, -0.2) is 17.3 Å². The Morgan fingerprint density at radius 3 is 1.77 bits per heavy atom. The van der Waals surface area contributed by atoms with E-state index in [-0.39, 0.29) is 98.3 Å². The van der Waals surface area contributed by atoms with Crippen LogP contribution in [-0.4, -0.2) is 55.8 Å². The summed E-state index contributed by atoms with van der Waals surface area (Å²) in [4.78, 5) is 25.5. The zero-order valence-corrected chi connectivity index (χ0v) is 32.9. The molecule has 0 bridgehead atoms. The van der Waals surface area contributed by atoms with Crippen LogP contribution in [0.15, 0.2) is 76.2 Å². The van der Waals surface area contributed by atoms with Crippen molar-refractivity contribution in [2.24, 2.45) is 20.5 Å². The number of aromatic hydroxyl groups is 2. The van der Waals surface area contributed by atoms with Gasteiger partial charge in [0, 0.05) is 48.5 Å². The lowest BCUT2D eigenvalue weighted by Crippen LogP contribution is -2.26. The summed E-state index contributed by atoms with van der Waals surface area (Å²) in [6, 6.07) is 11.4. The molecule has 20 heteroatoms. The van der Waals surface area contributed by atoms with E-state index in [1.54, 1.807) is 13.8 Å². The fourth-order valence-electron chi connectivity index (χ4n) is 5.55. The Labute approximate surface area is 324 Å². The van der Waals surface area contributed by atoms with Gasteiger partial charge in [-0.2, -0.15) is 20.8 Å². The zero-order valence-electron chi connectivity index (χ0n) is 31.3. The minimum atomic E-state index is -4.37. The molecular formula is C36H39N9O9S2. The van der Waals surface area contributed by atoms with Gasteiger partial charge in [-0.1, -0.05) is 12.1 Å². The normalized spacial score (nSPS) is 12.4. The van der Waals surface area contributed by atoms with Crippen LogP contribution in [0.25, 0.3) is 11.1 Å². The number of nitrogens with one attached hydrogen (secondary N) is 1. The number of rotatable bonds is 15. The predicted octanol–water partition coefficient (Wildman–Crippen LogP) is 5.99. The molecule has 0 aliphatic carbocycles. The smallest absolute Gasteiger partial charge is 0.281 e. The third-order valence-corrected chi connectivity index (χ3v) is 10.7. The molecule has 294 valence electrons. The first kappa shape index (κ1) is 42.8. The topological polar surface area (TPSA) is 274 Å². The lowest BCUT2D eigenvalue weighted by molar-refractivity contribution is 0.0778. The zero-order chi connectivity index (χ0) is 41.5. The summed E-state index contributed by atoms with van der Waals surface area (Å²) < 4.78 is 60.8. The van der Waals surface area contributed by atoms with Crippen LogP contribution in [0.3, 0.4) is 0 Å². The van der Waals surface area contributed by atoms with Crippen molar-refractivity contribution in [2.45, 2.75) is 76.9 Å². The Hall–Kier alpha value is -5.90. The third-order valence-electron chi connectivity index (χ3n) is 8.46. The number of nitriles is 2. The van der Waals surface area contributed by atoms with E-state index in [0.717, 1.165) is 15.2 Å². The fraction of sp³-hybridized carbons (Fsp3) is 0.333. The molecule has 0 saturated carbocycles. The summed E-state index contributed by atoms with van der Waals surface area (Å²) >= 11 is -2.72. The summed E-state index contributed by atoms with van der Waals surface area (Å²) in [5.41, 5.74) is -2.20. The molecule has 0 saturated heterocycles. The van der Waals surface area contributed by atoms with E-state index in [9.17, 15) is 47.5 Å².